The number of aryl methyl sites for hydroxylation is 2. The second-order valence-corrected chi connectivity index (χ2v) is 4.79. The van der Waals surface area contributed by atoms with E-state index < -0.39 is 0 Å². The Kier molecular flexibility index (Phi) is 2.90. The molecule has 15 heavy (non-hydrogen) atoms. The molecule has 0 N–H and O–H groups in total. The molecule has 0 heterocycles. The summed E-state index contributed by atoms with van der Waals surface area (Å²) in [4.78, 5) is 11.1. The number of benzene rings is 1. The Hall–Kier alpha value is -1.11. The van der Waals surface area contributed by atoms with E-state index in [1.165, 1.54) is 23.1 Å². The van der Waals surface area contributed by atoms with Crippen LogP contribution in [0.15, 0.2) is 18.2 Å². The largest absolute Gasteiger partial charge is 0.300 e. The highest BCUT2D eigenvalue weighted by atomic mass is 16.1. The van der Waals surface area contributed by atoms with Crippen molar-refractivity contribution in [1.82, 2.24) is 0 Å². The van der Waals surface area contributed by atoms with Gasteiger partial charge >= 0.3 is 0 Å². The topological polar surface area (TPSA) is 17.1 Å². The van der Waals surface area contributed by atoms with E-state index in [2.05, 4.69) is 25.1 Å². The molecule has 80 valence electrons. The SMILES string of the molecule is CC(=O)CC1CCc2cc(C)ccc2C1. The Morgan fingerprint density at radius 1 is 1.40 bits per heavy atom. The Morgan fingerprint density at radius 3 is 2.93 bits per heavy atom. The number of Topliss-reactive ketones (excluding diaryl/α,β-unsaturated/α-hetero) is 1. The Bertz CT molecular complexity index is 379. The third kappa shape index (κ3) is 2.47. The van der Waals surface area contributed by atoms with E-state index in [0.29, 0.717) is 11.7 Å². The summed E-state index contributed by atoms with van der Waals surface area (Å²) in [5.74, 6) is 0.910. The van der Waals surface area contributed by atoms with Crippen LogP contribution in [0, 0.1) is 12.8 Å². The van der Waals surface area contributed by atoms with Crippen LogP contribution in [-0.2, 0) is 17.6 Å². The standard InChI is InChI=1S/C14H18O/c1-10-3-5-14-9-12(8-11(2)15)4-6-13(14)7-10/h3,5,7,12H,4,6,8-9H2,1-2H3. The average Bonchev–Trinajstić information content (AvgIpc) is 2.17. The zero-order chi connectivity index (χ0) is 10.8. The van der Waals surface area contributed by atoms with Crippen molar-refractivity contribution < 1.29 is 4.79 Å². The van der Waals surface area contributed by atoms with Crippen LogP contribution in [0.25, 0.3) is 0 Å². The highest BCUT2D eigenvalue weighted by Gasteiger charge is 2.19. The average molecular weight is 202 g/mol. The van der Waals surface area contributed by atoms with Crippen LogP contribution < -0.4 is 0 Å². The summed E-state index contributed by atoms with van der Waals surface area (Å²) >= 11 is 0. The first-order chi connectivity index (χ1) is 7.15. The Labute approximate surface area is 91.5 Å². The predicted octanol–water partition coefficient (Wildman–Crippen LogP) is 3.08. The summed E-state index contributed by atoms with van der Waals surface area (Å²) in [6.45, 7) is 3.84. The maximum Gasteiger partial charge on any atom is 0.130 e. The van der Waals surface area contributed by atoms with Gasteiger partial charge in [0.2, 0.25) is 0 Å². The van der Waals surface area contributed by atoms with Gasteiger partial charge in [-0.1, -0.05) is 23.8 Å². The molecule has 0 radical (unpaired) electrons. The van der Waals surface area contributed by atoms with Crippen molar-refractivity contribution in [2.45, 2.75) is 39.5 Å². The summed E-state index contributed by atoms with van der Waals surface area (Å²) in [5.41, 5.74) is 4.30. The molecule has 1 aliphatic rings. The zero-order valence-electron chi connectivity index (χ0n) is 9.55. The predicted molar refractivity (Wildman–Crippen MR) is 62.0 cm³/mol. The van der Waals surface area contributed by atoms with Gasteiger partial charge in [-0.05, 0) is 50.2 Å². The summed E-state index contributed by atoms with van der Waals surface area (Å²) in [5, 5.41) is 0. The molecule has 0 aromatic heterocycles. The van der Waals surface area contributed by atoms with Crippen molar-refractivity contribution in [3.63, 3.8) is 0 Å². The molecule has 1 nitrogen and oxygen atoms in total. The maximum atomic E-state index is 11.1. The van der Waals surface area contributed by atoms with Crippen molar-refractivity contribution in [1.29, 1.82) is 0 Å². The van der Waals surface area contributed by atoms with E-state index in [1.54, 1.807) is 6.92 Å². The molecular formula is C14H18O. The number of ketones is 1. The molecule has 1 atom stereocenters. The van der Waals surface area contributed by atoms with Crippen molar-refractivity contribution in [3.8, 4) is 0 Å². The van der Waals surface area contributed by atoms with Crippen LogP contribution in [-0.4, -0.2) is 5.78 Å². The molecule has 0 aliphatic heterocycles. The minimum absolute atomic E-state index is 0.329. The summed E-state index contributed by atoms with van der Waals surface area (Å²) in [6.07, 6.45) is 4.17. The van der Waals surface area contributed by atoms with Gasteiger partial charge in [0.1, 0.15) is 5.78 Å². The van der Waals surface area contributed by atoms with Crippen LogP contribution in [0.4, 0.5) is 0 Å². The molecule has 1 aromatic rings. The lowest BCUT2D eigenvalue weighted by atomic mass is 9.81. The highest BCUT2D eigenvalue weighted by molar-refractivity contribution is 5.75. The fourth-order valence-electron chi connectivity index (χ4n) is 2.54. The number of hydrogen-bond donors (Lipinski definition) is 0. The normalized spacial score (nSPS) is 19.7. The lowest BCUT2D eigenvalue weighted by Gasteiger charge is -2.24. The maximum absolute atomic E-state index is 11.1. The fourth-order valence-corrected chi connectivity index (χ4v) is 2.54. The molecule has 1 heteroatoms. The van der Waals surface area contributed by atoms with Crippen molar-refractivity contribution >= 4 is 5.78 Å². The minimum atomic E-state index is 0.329. The van der Waals surface area contributed by atoms with E-state index in [0.717, 1.165) is 19.3 Å². The van der Waals surface area contributed by atoms with E-state index in [1.807, 2.05) is 0 Å². The number of carbonyl (C=O) groups excluding carboxylic acids is 1. The number of carbonyl (C=O) groups is 1. The van der Waals surface area contributed by atoms with Gasteiger partial charge in [0.15, 0.2) is 0 Å². The third-order valence-corrected chi connectivity index (χ3v) is 3.27. The summed E-state index contributed by atoms with van der Waals surface area (Å²) < 4.78 is 0. The molecule has 0 bridgehead atoms. The Balaban J connectivity index is 2.13. The van der Waals surface area contributed by atoms with Crippen LogP contribution in [0.3, 0.4) is 0 Å². The smallest absolute Gasteiger partial charge is 0.130 e. The lowest BCUT2D eigenvalue weighted by Crippen LogP contribution is -2.16. The molecule has 0 saturated heterocycles. The van der Waals surface area contributed by atoms with E-state index >= 15 is 0 Å². The van der Waals surface area contributed by atoms with E-state index in [4.69, 9.17) is 0 Å². The van der Waals surface area contributed by atoms with Gasteiger partial charge < -0.3 is 4.79 Å². The monoisotopic (exact) mass is 202 g/mol. The number of fused-ring (bicyclic) bond motifs is 1. The third-order valence-electron chi connectivity index (χ3n) is 3.27. The van der Waals surface area contributed by atoms with E-state index in [-0.39, 0.29) is 0 Å². The van der Waals surface area contributed by atoms with Gasteiger partial charge in [0.25, 0.3) is 0 Å². The molecule has 1 aliphatic carbocycles. The van der Waals surface area contributed by atoms with E-state index in [9.17, 15) is 4.79 Å². The first-order valence-corrected chi connectivity index (χ1v) is 5.73. The van der Waals surface area contributed by atoms with Gasteiger partial charge in [-0.15, -0.1) is 0 Å². The first-order valence-electron chi connectivity index (χ1n) is 5.73. The van der Waals surface area contributed by atoms with Gasteiger partial charge in [-0.2, -0.15) is 0 Å². The van der Waals surface area contributed by atoms with Crippen LogP contribution >= 0.6 is 0 Å². The molecule has 1 aromatic carbocycles. The van der Waals surface area contributed by atoms with Crippen molar-refractivity contribution in [2.75, 3.05) is 0 Å². The number of hydrogen-bond acceptors (Lipinski definition) is 1. The highest BCUT2D eigenvalue weighted by Crippen LogP contribution is 2.28. The summed E-state index contributed by atoms with van der Waals surface area (Å²) in [7, 11) is 0. The molecule has 1 unspecified atom stereocenters. The second kappa shape index (κ2) is 4.18. The van der Waals surface area contributed by atoms with Gasteiger partial charge in [-0.3, -0.25) is 0 Å². The van der Waals surface area contributed by atoms with Gasteiger partial charge in [0.05, 0.1) is 0 Å². The Morgan fingerprint density at radius 2 is 2.20 bits per heavy atom. The molecular weight excluding hydrogens is 184 g/mol. The number of rotatable bonds is 2. The van der Waals surface area contributed by atoms with Crippen LogP contribution in [0.5, 0.6) is 0 Å². The molecule has 0 spiro atoms. The van der Waals surface area contributed by atoms with Crippen molar-refractivity contribution in [2.24, 2.45) is 5.92 Å². The van der Waals surface area contributed by atoms with Crippen molar-refractivity contribution in [3.05, 3.63) is 34.9 Å². The van der Waals surface area contributed by atoms with Gasteiger partial charge in [0, 0.05) is 6.42 Å². The van der Waals surface area contributed by atoms with Gasteiger partial charge in [-0.25, -0.2) is 0 Å². The minimum Gasteiger partial charge on any atom is -0.300 e. The quantitative estimate of drug-likeness (QED) is 0.720. The fraction of sp³-hybridized carbons (Fsp3) is 0.500. The molecule has 2 rings (SSSR count). The van der Waals surface area contributed by atoms with Crippen LogP contribution in [0.1, 0.15) is 36.5 Å². The second-order valence-electron chi connectivity index (χ2n) is 4.79. The molecule has 0 amide bonds. The van der Waals surface area contributed by atoms with Crippen LogP contribution in [0.2, 0.25) is 0 Å². The summed E-state index contributed by atoms with van der Waals surface area (Å²) in [6, 6.07) is 6.70. The lowest BCUT2D eigenvalue weighted by molar-refractivity contribution is -0.117. The zero-order valence-corrected chi connectivity index (χ0v) is 9.55. The molecule has 0 saturated carbocycles. The first kappa shape index (κ1) is 10.4. The molecule has 0 fully saturated rings.